The van der Waals surface area contributed by atoms with E-state index in [1.165, 1.54) is 18.3 Å². The lowest BCUT2D eigenvalue weighted by atomic mass is 10.2. The van der Waals surface area contributed by atoms with Crippen molar-refractivity contribution in [2.24, 2.45) is 5.10 Å². The van der Waals surface area contributed by atoms with Gasteiger partial charge in [0.15, 0.2) is 5.88 Å². The van der Waals surface area contributed by atoms with Gasteiger partial charge in [0.2, 0.25) is 0 Å². The Hall–Kier alpha value is -2.76. The number of aromatic hydroxyl groups is 1. The van der Waals surface area contributed by atoms with Gasteiger partial charge in [-0.2, -0.15) is 5.10 Å². The van der Waals surface area contributed by atoms with Crippen LogP contribution in [0.1, 0.15) is 16.1 Å². The minimum Gasteiger partial charge on any atom is -0.507 e. The van der Waals surface area contributed by atoms with Crippen molar-refractivity contribution in [3.05, 3.63) is 47.7 Å². The van der Waals surface area contributed by atoms with Gasteiger partial charge in [-0.05, 0) is 18.2 Å². The highest BCUT2D eigenvalue weighted by Gasteiger charge is 2.08. The lowest BCUT2D eigenvalue weighted by Crippen LogP contribution is -2.17. The molecule has 1 heterocycles. The number of furan rings is 1. The third-order valence-corrected chi connectivity index (χ3v) is 2.56. The van der Waals surface area contributed by atoms with Crippen molar-refractivity contribution in [3.63, 3.8) is 0 Å². The molecule has 0 bridgehead atoms. The van der Waals surface area contributed by atoms with E-state index >= 15 is 0 Å². The van der Waals surface area contributed by atoms with Crippen LogP contribution in [0.2, 0.25) is 0 Å². The fourth-order valence-corrected chi connectivity index (χ4v) is 1.53. The average Bonchev–Trinajstić information content (AvgIpc) is 2.88. The van der Waals surface area contributed by atoms with Crippen molar-refractivity contribution < 1.29 is 14.3 Å². The number of anilines is 1. The number of benzene rings is 1. The molecule has 0 saturated heterocycles. The molecule has 1 aromatic heterocycles. The highest BCUT2D eigenvalue weighted by molar-refractivity contribution is 5.97. The van der Waals surface area contributed by atoms with Crippen LogP contribution in [-0.2, 0) is 0 Å². The smallest absolute Gasteiger partial charge is 0.275 e. The van der Waals surface area contributed by atoms with E-state index in [-0.39, 0.29) is 11.3 Å². The first-order valence-electron chi connectivity index (χ1n) is 5.96. The predicted molar refractivity (Wildman–Crippen MR) is 76.2 cm³/mol. The summed E-state index contributed by atoms with van der Waals surface area (Å²) in [6.07, 6.45) is 1.39. The van der Waals surface area contributed by atoms with E-state index in [2.05, 4.69) is 10.5 Å². The van der Waals surface area contributed by atoms with Crippen LogP contribution in [-0.4, -0.2) is 31.3 Å². The summed E-state index contributed by atoms with van der Waals surface area (Å²) >= 11 is 0. The molecule has 0 atom stereocenters. The molecule has 104 valence electrons. The van der Waals surface area contributed by atoms with Crippen LogP contribution in [0.5, 0.6) is 5.75 Å². The van der Waals surface area contributed by atoms with Gasteiger partial charge >= 0.3 is 0 Å². The molecule has 0 spiro atoms. The first-order chi connectivity index (χ1) is 9.58. The van der Waals surface area contributed by atoms with Crippen molar-refractivity contribution in [2.75, 3.05) is 19.0 Å². The van der Waals surface area contributed by atoms with Gasteiger partial charge in [0.1, 0.15) is 11.5 Å². The van der Waals surface area contributed by atoms with E-state index in [0.29, 0.717) is 11.6 Å². The van der Waals surface area contributed by atoms with Crippen LogP contribution in [0, 0.1) is 0 Å². The minimum absolute atomic E-state index is 0.0897. The number of rotatable bonds is 4. The fraction of sp³-hybridized carbons (Fsp3) is 0.143. The summed E-state index contributed by atoms with van der Waals surface area (Å²) < 4.78 is 5.43. The molecule has 0 aliphatic rings. The summed E-state index contributed by atoms with van der Waals surface area (Å²) in [6, 6.07) is 9.79. The number of para-hydroxylation sites is 1. The maximum atomic E-state index is 11.7. The number of nitrogens with one attached hydrogen (secondary N) is 1. The lowest BCUT2D eigenvalue weighted by Gasteiger charge is -2.05. The van der Waals surface area contributed by atoms with Gasteiger partial charge in [0.05, 0.1) is 11.8 Å². The number of nitrogens with zero attached hydrogens (tertiary/aromatic N) is 2. The van der Waals surface area contributed by atoms with Crippen molar-refractivity contribution in [3.8, 4) is 5.75 Å². The second-order valence-corrected chi connectivity index (χ2v) is 4.29. The molecule has 0 fully saturated rings. The maximum Gasteiger partial charge on any atom is 0.275 e. The molecule has 1 amide bonds. The van der Waals surface area contributed by atoms with E-state index in [0.717, 1.165) is 0 Å². The highest BCUT2D eigenvalue weighted by atomic mass is 16.4. The predicted octanol–water partition coefficient (Wildman–Crippen LogP) is 1.82. The molecule has 1 aromatic carbocycles. The number of phenols is 1. The summed E-state index contributed by atoms with van der Waals surface area (Å²) in [5.41, 5.74) is 2.49. The lowest BCUT2D eigenvalue weighted by molar-refractivity contribution is 0.0952. The Morgan fingerprint density at radius 3 is 2.70 bits per heavy atom. The molecule has 0 saturated carbocycles. The first-order valence-corrected chi connectivity index (χ1v) is 5.96. The van der Waals surface area contributed by atoms with E-state index in [4.69, 9.17) is 4.42 Å². The minimum atomic E-state index is -0.487. The number of amides is 1. The van der Waals surface area contributed by atoms with E-state index in [1.807, 2.05) is 19.0 Å². The average molecular weight is 273 g/mol. The summed E-state index contributed by atoms with van der Waals surface area (Å²) in [6.45, 7) is 0. The molecule has 6 nitrogen and oxygen atoms in total. The van der Waals surface area contributed by atoms with E-state index in [9.17, 15) is 9.90 Å². The number of phenolic OH excluding ortho intramolecular Hbond substituents is 1. The van der Waals surface area contributed by atoms with Crippen LogP contribution in [0.25, 0.3) is 0 Å². The summed E-state index contributed by atoms with van der Waals surface area (Å²) in [5, 5.41) is 13.3. The van der Waals surface area contributed by atoms with Gasteiger partial charge in [0.25, 0.3) is 5.91 Å². The molecule has 2 N–H and O–H groups in total. The quantitative estimate of drug-likeness (QED) is 0.658. The zero-order valence-electron chi connectivity index (χ0n) is 11.2. The standard InChI is InChI=1S/C14H15N3O3/c1-17(2)13-8-7-10(20-13)9-15-16-14(19)11-5-3-4-6-12(11)18/h3-9,18H,1-2H3,(H,16,19)/b15-9+. The van der Waals surface area contributed by atoms with Gasteiger partial charge in [-0.15, -0.1) is 0 Å². The summed E-state index contributed by atoms with van der Waals surface area (Å²) in [7, 11) is 3.72. The normalized spacial score (nSPS) is 10.7. The zero-order valence-corrected chi connectivity index (χ0v) is 11.2. The van der Waals surface area contributed by atoms with E-state index < -0.39 is 5.91 Å². The third kappa shape index (κ3) is 3.17. The molecular formula is C14H15N3O3. The molecular weight excluding hydrogens is 258 g/mol. The van der Waals surface area contributed by atoms with Gasteiger partial charge in [-0.1, -0.05) is 12.1 Å². The molecule has 0 unspecified atom stereocenters. The monoisotopic (exact) mass is 273 g/mol. The molecule has 0 aliphatic heterocycles. The molecule has 20 heavy (non-hydrogen) atoms. The maximum absolute atomic E-state index is 11.7. The highest BCUT2D eigenvalue weighted by Crippen LogP contribution is 2.15. The number of hydrogen-bond donors (Lipinski definition) is 2. The number of hydrogen-bond acceptors (Lipinski definition) is 5. The Labute approximate surface area is 116 Å². The Balaban J connectivity index is 1.99. The second-order valence-electron chi connectivity index (χ2n) is 4.29. The van der Waals surface area contributed by atoms with Crippen LogP contribution < -0.4 is 10.3 Å². The Bertz CT molecular complexity index is 632. The van der Waals surface area contributed by atoms with Gasteiger partial charge in [-0.3, -0.25) is 4.79 Å². The number of carbonyl (C=O) groups excluding carboxylic acids is 1. The van der Waals surface area contributed by atoms with Gasteiger partial charge < -0.3 is 14.4 Å². The SMILES string of the molecule is CN(C)c1ccc(/C=N/NC(=O)c2ccccc2O)o1. The Morgan fingerprint density at radius 1 is 1.30 bits per heavy atom. The third-order valence-electron chi connectivity index (χ3n) is 2.56. The van der Waals surface area contributed by atoms with Crippen LogP contribution >= 0.6 is 0 Å². The molecule has 0 radical (unpaired) electrons. The van der Waals surface area contributed by atoms with Crippen molar-refractivity contribution in [2.45, 2.75) is 0 Å². The van der Waals surface area contributed by atoms with E-state index in [1.54, 1.807) is 24.3 Å². The molecule has 6 heteroatoms. The molecule has 0 aliphatic carbocycles. The van der Waals surface area contributed by atoms with Crippen LogP contribution in [0.4, 0.5) is 5.88 Å². The van der Waals surface area contributed by atoms with Crippen molar-refractivity contribution >= 4 is 18.0 Å². The summed E-state index contributed by atoms with van der Waals surface area (Å²) in [4.78, 5) is 13.6. The molecule has 2 rings (SSSR count). The van der Waals surface area contributed by atoms with Crippen molar-refractivity contribution in [1.82, 2.24) is 5.43 Å². The van der Waals surface area contributed by atoms with Gasteiger partial charge in [-0.25, -0.2) is 5.43 Å². The second kappa shape index (κ2) is 5.92. The Morgan fingerprint density at radius 2 is 2.05 bits per heavy atom. The first kappa shape index (κ1) is 13.7. The number of carbonyl (C=O) groups is 1. The zero-order chi connectivity index (χ0) is 14.5. The summed E-state index contributed by atoms with van der Waals surface area (Å²) in [5.74, 6) is 0.636. The van der Waals surface area contributed by atoms with Crippen LogP contribution in [0.3, 0.4) is 0 Å². The largest absolute Gasteiger partial charge is 0.507 e. The Kier molecular flexibility index (Phi) is 4.05. The van der Waals surface area contributed by atoms with Crippen molar-refractivity contribution in [1.29, 1.82) is 0 Å². The van der Waals surface area contributed by atoms with Gasteiger partial charge in [0, 0.05) is 20.2 Å². The number of hydrazone groups is 1. The molecule has 2 aromatic rings. The van der Waals surface area contributed by atoms with Crippen LogP contribution in [0.15, 0.2) is 45.9 Å². The topological polar surface area (TPSA) is 78.1 Å². The fourth-order valence-electron chi connectivity index (χ4n) is 1.53.